The van der Waals surface area contributed by atoms with E-state index in [9.17, 15) is 9.59 Å². The first-order valence-corrected chi connectivity index (χ1v) is 7.92. The van der Waals surface area contributed by atoms with Crippen molar-refractivity contribution in [2.45, 2.75) is 0 Å². The number of nitrogens with zero attached hydrogens (tertiary/aromatic N) is 2. The van der Waals surface area contributed by atoms with Gasteiger partial charge in [-0.3, -0.25) is 14.8 Å². The number of benzene rings is 2. The zero-order chi connectivity index (χ0) is 17.8. The lowest BCUT2D eigenvalue weighted by molar-refractivity contribution is -0.119. The summed E-state index contributed by atoms with van der Waals surface area (Å²) in [4.78, 5) is 32.2. The minimum atomic E-state index is -0.639. The minimum Gasteiger partial charge on any atom is -0.452 e. The van der Waals surface area contributed by atoms with Crippen LogP contribution in [-0.4, -0.2) is 28.5 Å². The van der Waals surface area contributed by atoms with Gasteiger partial charge in [-0.15, -0.1) is 0 Å². The van der Waals surface area contributed by atoms with Crippen molar-refractivity contribution in [1.29, 1.82) is 0 Å². The zero-order valence-electron chi connectivity index (χ0n) is 12.7. The molecule has 0 aliphatic heterocycles. The Labute approximate surface area is 152 Å². The highest BCUT2D eigenvalue weighted by Gasteiger charge is 2.13. The van der Waals surface area contributed by atoms with Crippen molar-refractivity contribution in [3.05, 3.63) is 64.4 Å². The Morgan fingerprint density at radius 1 is 1.04 bits per heavy atom. The first-order chi connectivity index (χ1) is 12.0. The lowest BCUT2D eigenvalue weighted by Crippen LogP contribution is -2.21. The average molecular weight is 376 g/mol. The lowest BCUT2D eigenvalue weighted by atomic mass is 10.2. The highest BCUT2D eigenvalue weighted by molar-refractivity contribution is 6.44. The molecule has 126 valence electrons. The molecule has 0 aliphatic carbocycles. The molecule has 1 amide bonds. The summed E-state index contributed by atoms with van der Waals surface area (Å²) >= 11 is 11.9. The van der Waals surface area contributed by atoms with Crippen LogP contribution >= 0.6 is 23.2 Å². The van der Waals surface area contributed by atoms with Crippen LogP contribution in [0.2, 0.25) is 10.0 Å². The van der Waals surface area contributed by atoms with Gasteiger partial charge in [-0.1, -0.05) is 29.3 Å². The molecule has 1 N–H and O–H groups in total. The van der Waals surface area contributed by atoms with Gasteiger partial charge in [0.25, 0.3) is 5.91 Å². The number of ether oxygens (including phenoxy) is 1. The number of fused-ring (bicyclic) bond motifs is 1. The molecule has 0 aliphatic rings. The smallest absolute Gasteiger partial charge is 0.338 e. The van der Waals surface area contributed by atoms with Crippen molar-refractivity contribution in [3.8, 4) is 0 Å². The molecule has 0 spiro atoms. The van der Waals surface area contributed by atoms with E-state index < -0.39 is 18.5 Å². The molecule has 0 bridgehead atoms. The number of nitrogens with one attached hydrogen (secondary N) is 1. The number of anilines is 1. The van der Waals surface area contributed by atoms with Crippen LogP contribution in [0.15, 0.2) is 48.8 Å². The van der Waals surface area contributed by atoms with Crippen molar-refractivity contribution in [3.63, 3.8) is 0 Å². The average Bonchev–Trinajstić information content (AvgIpc) is 2.63. The summed E-state index contributed by atoms with van der Waals surface area (Å²) in [6.45, 7) is -0.458. The quantitative estimate of drug-likeness (QED) is 0.702. The van der Waals surface area contributed by atoms with E-state index in [1.807, 2.05) is 0 Å². The first-order valence-electron chi connectivity index (χ1n) is 7.16. The highest BCUT2D eigenvalue weighted by atomic mass is 35.5. The maximum atomic E-state index is 12.1. The van der Waals surface area contributed by atoms with Gasteiger partial charge in [-0.2, -0.15) is 0 Å². The van der Waals surface area contributed by atoms with E-state index in [1.54, 1.807) is 42.6 Å². The summed E-state index contributed by atoms with van der Waals surface area (Å²) in [5.41, 5.74) is 1.84. The third kappa shape index (κ3) is 4.04. The second-order valence-electron chi connectivity index (χ2n) is 4.99. The molecule has 8 heteroatoms. The van der Waals surface area contributed by atoms with Gasteiger partial charge in [-0.25, -0.2) is 4.79 Å². The Kier molecular flexibility index (Phi) is 5.11. The molecule has 1 aromatic heterocycles. The highest BCUT2D eigenvalue weighted by Crippen LogP contribution is 2.29. The van der Waals surface area contributed by atoms with Crippen LogP contribution in [0, 0.1) is 0 Å². The first kappa shape index (κ1) is 17.1. The van der Waals surface area contributed by atoms with Crippen molar-refractivity contribution >= 4 is 51.8 Å². The molecule has 0 saturated heterocycles. The van der Waals surface area contributed by atoms with E-state index in [1.165, 1.54) is 6.20 Å². The standard InChI is InChI=1S/C17H11Cl2N3O3/c18-11-2-1-3-13(16(11)19)22-15(23)9-25-17(24)10-4-5-12-14(8-10)21-7-6-20-12/h1-8H,9H2,(H,22,23). The van der Waals surface area contributed by atoms with Crippen LogP contribution in [0.25, 0.3) is 11.0 Å². The Hall–Kier alpha value is -2.70. The van der Waals surface area contributed by atoms with Gasteiger partial charge in [-0.05, 0) is 30.3 Å². The van der Waals surface area contributed by atoms with Gasteiger partial charge in [0.05, 0.1) is 32.3 Å². The number of aromatic nitrogens is 2. The fourth-order valence-corrected chi connectivity index (χ4v) is 2.44. The van der Waals surface area contributed by atoms with Gasteiger partial charge >= 0.3 is 5.97 Å². The second-order valence-corrected chi connectivity index (χ2v) is 5.77. The number of esters is 1. The normalized spacial score (nSPS) is 10.5. The number of hydrogen-bond acceptors (Lipinski definition) is 5. The Morgan fingerprint density at radius 3 is 2.60 bits per heavy atom. The van der Waals surface area contributed by atoms with Crippen LogP contribution in [0.4, 0.5) is 5.69 Å². The Morgan fingerprint density at radius 2 is 1.80 bits per heavy atom. The molecule has 25 heavy (non-hydrogen) atoms. The van der Waals surface area contributed by atoms with Gasteiger partial charge in [0.1, 0.15) is 0 Å². The monoisotopic (exact) mass is 375 g/mol. The third-order valence-corrected chi connectivity index (χ3v) is 4.08. The minimum absolute atomic E-state index is 0.219. The number of carbonyl (C=O) groups is 2. The molecule has 3 aromatic rings. The van der Waals surface area contributed by atoms with Crippen molar-refractivity contribution in [1.82, 2.24) is 9.97 Å². The molecule has 0 saturated carbocycles. The summed E-state index contributed by atoms with van der Waals surface area (Å²) < 4.78 is 5.01. The molecule has 2 aromatic carbocycles. The zero-order valence-corrected chi connectivity index (χ0v) is 14.2. The fraction of sp³-hybridized carbons (Fsp3) is 0.0588. The van der Waals surface area contributed by atoms with Crippen molar-refractivity contribution in [2.75, 3.05) is 11.9 Å². The van der Waals surface area contributed by atoms with Gasteiger partial charge in [0.15, 0.2) is 6.61 Å². The van der Waals surface area contributed by atoms with E-state index in [-0.39, 0.29) is 10.6 Å². The van der Waals surface area contributed by atoms with Gasteiger partial charge in [0, 0.05) is 12.4 Å². The summed E-state index contributed by atoms with van der Waals surface area (Å²) in [5.74, 6) is -1.17. The van der Waals surface area contributed by atoms with E-state index >= 15 is 0 Å². The van der Waals surface area contributed by atoms with E-state index in [0.717, 1.165) is 0 Å². The van der Waals surface area contributed by atoms with Crippen LogP contribution in [0.1, 0.15) is 10.4 Å². The lowest BCUT2D eigenvalue weighted by Gasteiger charge is -2.09. The van der Waals surface area contributed by atoms with E-state index in [0.29, 0.717) is 21.7 Å². The SMILES string of the molecule is O=C(COC(=O)c1ccc2nccnc2c1)Nc1cccc(Cl)c1Cl. The molecule has 0 radical (unpaired) electrons. The Balaban J connectivity index is 1.63. The number of carbonyl (C=O) groups excluding carboxylic acids is 2. The molecule has 3 rings (SSSR count). The van der Waals surface area contributed by atoms with Crippen molar-refractivity contribution in [2.24, 2.45) is 0 Å². The van der Waals surface area contributed by atoms with Crippen LogP contribution in [-0.2, 0) is 9.53 Å². The number of halogens is 2. The number of amides is 1. The predicted molar refractivity (Wildman–Crippen MR) is 94.9 cm³/mol. The topological polar surface area (TPSA) is 81.2 Å². The molecule has 1 heterocycles. The maximum Gasteiger partial charge on any atom is 0.338 e. The van der Waals surface area contributed by atoms with Crippen molar-refractivity contribution < 1.29 is 14.3 Å². The third-order valence-electron chi connectivity index (χ3n) is 3.27. The number of hydrogen-bond donors (Lipinski definition) is 1. The van der Waals surface area contributed by atoms with Crippen LogP contribution in [0.5, 0.6) is 0 Å². The molecular formula is C17H11Cl2N3O3. The molecule has 6 nitrogen and oxygen atoms in total. The maximum absolute atomic E-state index is 12.1. The van der Waals surface area contributed by atoms with E-state index in [4.69, 9.17) is 27.9 Å². The van der Waals surface area contributed by atoms with Crippen LogP contribution < -0.4 is 5.32 Å². The van der Waals surface area contributed by atoms with Gasteiger partial charge in [0.2, 0.25) is 0 Å². The largest absolute Gasteiger partial charge is 0.452 e. The molecule has 0 atom stereocenters. The van der Waals surface area contributed by atoms with E-state index in [2.05, 4.69) is 15.3 Å². The van der Waals surface area contributed by atoms with Gasteiger partial charge < -0.3 is 10.1 Å². The summed E-state index contributed by atoms with van der Waals surface area (Å²) in [6.07, 6.45) is 3.09. The summed E-state index contributed by atoms with van der Waals surface area (Å²) in [7, 11) is 0. The molecule has 0 fully saturated rings. The summed E-state index contributed by atoms with van der Waals surface area (Å²) in [5, 5.41) is 3.07. The number of rotatable bonds is 4. The molecule has 0 unspecified atom stereocenters. The molecular weight excluding hydrogens is 365 g/mol. The predicted octanol–water partition coefficient (Wildman–Crippen LogP) is 3.73. The fourth-order valence-electron chi connectivity index (χ4n) is 2.09. The van der Waals surface area contributed by atoms with Crippen LogP contribution in [0.3, 0.4) is 0 Å². The Bertz CT molecular complexity index is 963. The summed E-state index contributed by atoms with van der Waals surface area (Å²) in [6, 6.07) is 9.61. The second kappa shape index (κ2) is 7.46.